The first-order chi connectivity index (χ1) is 11.1. The van der Waals surface area contributed by atoms with Crippen LogP contribution in [0.5, 0.6) is 0 Å². The molecule has 1 saturated heterocycles. The molecule has 1 aliphatic carbocycles. The summed E-state index contributed by atoms with van der Waals surface area (Å²) >= 11 is 0. The number of hydrogen-bond acceptors (Lipinski definition) is 4. The molecular formula is C17H31N3O3. The van der Waals surface area contributed by atoms with Crippen LogP contribution in [0.4, 0.5) is 0 Å². The Balaban J connectivity index is 1.81. The molecule has 1 N–H and O–H groups in total. The van der Waals surface area contributed by atoms with Gasteiger partial charge in [-0.05, 0) is 25.7 Å². The molecule has 0 unspecified atom stereocenters. The van der Waals surface area contributed by atoms with Gasteiger partial charge in [0.1, 0.15) is 5.41 Å². The topological polar surface area (TPSA) is 61.9 Å². The predicted molar refractivity (Wildman–Crippen MR) is 89.1 cm³/mol. The Kier molecular flexibility index (Phi) is 6.84. The van der Waals surface area contributed by atoms with E-state index in [0.717, 1.165) is 58.8 Å². The summed E-state index contributed by atoms with van der Waals surface area (Å²) in [6.07, 6.45) is 3.25. The van der Waals surface area contributed by atoms with E-state index < -0.39 is 5.41 Å². The molecule has 1 aliphatic heterocycles. The minimum Gasteiger partial charge on any atom is -0.379 e. The highest BCUT2D eigenvalue weighted by molar-refractivity contribution is 6.07. The Bertz CT molecular complexity index is 398. The second-order valence-electron chi connectivity index (χ2n) is 6.58. The van der Waals surface area contributed by atoms with Crippen molar-refractivity contribution in [2.45, 2.75) is 39.5 Å². The van der Waals surface area contributed by atoms with Crippen molar-refractivity contribution in [2.75, 3.05) is 52.5 Å². The molecule has 2 rings (SSSR count). The number of amides is 2. The van der Waals surface area contributed by atoms with E-state index in [1.807, 2.05) is 4.90 Å². The lowest BCUT2D eigenvalue weighted by Gasteiger charge is -2.28. The molecule has 0 aromatic carbocycles. The second kappa shape index (κ2) is 8.64. The van der Waals surface area contributed by atoms with Crippen molar-refractivity contribution >= 4 is 11.8 Å². The molecule has 132 valence electrons. The highest BCUT2D eigenvalue weighted by Crippen LogP contribution is 2.47. The molecule has 0 radical (unpaired) electrons. The number of carbonyl (C=O) groups is 2. The molecule has 2 amide bonds. The van der Waals surface area contributed by atoms with Gasteiger partial charge in [0.2, 0.25) is 11.8 Å². The highest BCUT2D eigenvalue weighted by Gasteiger charge is 2.57. The van der Waals surface area contributed by atoms with Crippen molar-refractivity contribution in [1.82, 2.24) is 15.1 Å². The first-order valence-corrected chi connectivity index (χ1v) is 9.02. The molecular weight excluding hydrogens is 294 g/mol. The third kappa shape index (κ3) is 4.67. The van der Waals surface area contributed by atoms with Gasteiger partial charge in [0, 0.05) is 39.3 Å². The summed E-state index contributed by atoms with van der Waals surface area (Å²) < 4.78 is 5.32. The smallest absolute Gasteiger partial charge is 0.238 e. The number of ether oxygens (including phenoxy) is 1. The van der Waals surface area contributed by atoms with E-state index >= 15 is 0 Å². The molecule has 6 heteroatoms. The van der Waals surface area contributed by atoms with Crippen LogP contribution in [0.3, 0.4) is 0 Å². The average molecular weight is 325 g/mol. The van der Waals surface area contributed by atoms with Crippen LogP contribution in [-0.4, -0.2) is 74.1 Å². The Labute approximate surface area is 139 Å². The van der Waals surface area contributed by atoms with Crippen LogP contribution < -0.4 is 5.32 Å². The van der Waals surface area contributed by atoms with Gasteiger partial charge in [-0.2, -0.15) is 0 Å². The molecule has 1 saturated carbocycles. The third-order valence-electron chi connectivity index (χ3n) is 4.69. The fourth-order valence-corrected chi connectivity index (χ4v) is 3.14. The van der Waals surface area contributed by atoms with Crippen molar-refractivity contribution < 1.29 is 14.3 Å². The van der Waals surface area contributed by atoms with E-state index in [0.29, 0.717) is 19.4 Å². The molecule has 0 aromatic rings. The van der Waals surface area contributed by atoms with Gasteiger partial charge in [-0.15, -0.1) is 0 Å². The first kappa shape index (κ1) is 18.2. The van der Waals surface area contributed by atoms with E-state index in [-0.39, 0.29) is 11.8 Å². The zero-order chi connectivity index (χ0) is 16.7. The maximum absolute atomic E-state index is 12.8. The molecule has 0 spiro atoms. The molecule has 0 aromatic heterocycles. The lowest BCUT2D eigenvalue weighted by molar-refractivity contribution is -0.144. The molecule has 6 nitrogen and oxygen atoms in total. The Morgan fingerprint density at radius 2 is 1.74 bits per heavy atom. The SMILES string of the molecule is CCCN(CCC)C(=O)C1(C(=O)NCCN2CCOCC2)CC1. The number of rotatable bonds is 9. The first-order valence-electron chi connectivity index (χ1n) is 9.02. The van der Waals surface area contributed by atoms with E-state index in [2.05, 4.69) is 24.1 Å². The van der Waals surface area contributed by atoms with Gasteiger partial charge in [-0.1, -0.05) is 13.8 Å². The fraction of sp³-hybridized carbons (Fsp3) is 0.882. The number of carbonyl (C=O) groups excluding carboxylic acids is 2. The van der Waals surface area contributed by atoms with Gasteiger partial charge in [0.05, 0.1) is 13.2 Å². The predicted octanol–water partition coefficient (Wildman–Crippen LogP) is 0.864. The average Bonchev–Trinajstić information content (AvgIpc) is 3.37. The van der Waals surface area contributed by atoms with Crippen molar-refractivity contribution in [2.24, 2.45) is 5.41 Å². The Morgan fingerprint density at radius 3 is 2.26 bits per heavy atom. The quantitative estimate of drug-likeness (QED) is 0.639. The van der Waals surface area contributed by atoms with Crippen LogP contribution in [0.2, 0.25) is 0 Å². The van der Waals surface area contributed by atoms with Crippen molar-refractivity contribution in [3.8, 4) is 0 Å². The minimum atomic E-state index is -0.769. The summed E-state index contributed by atoms with van der Waals surface area (Å²) in [5.41, 5.74) is -0.769. The van der Waals surface area contributed by atoms with Crippen LogP contribution in [0.25, 0.3) is 0 Å². The maximum Gasteiger partial charge on any atom is 0.238 e. The van der Waals surface area contributed by atoms with Crippen LogP contribution >= 0.6 is 0 Å². The van der Waals surface area contributed by atoms with Gasteiger partial charge in [0.15, 0.2) is 0 Å². The lowest BCUT2D eigenvalue weighted by Crippen LogP contribution is -2.48. The zero-order valence-corrected chi connectivity index (χ0v) is 14.6. The summed E-state index contributed by atoms with van der Waals surface area (Å²) in [6, 6.07) is 0. The van der Waals surface area contributed by atoms with Crippen LogP contribution in [0.1, 0.15) is 39.5 Å². The van der Waals surface area contributed by atoms with Crippen LogP contribution in [-0.2, 0) is 14.3 Å². The summed E-state index contributed by atoms with van der Waals surface area (Å²) in [4.78, 5) is 29.4. The summed E-state index contributed by atoms with van der Waals surface area (Å²) in [5.74, 6) is -0.0435. The van der Waals surface area contributed by atoms with Gasteiger partial charge in [0.25, 0.3) is 0 Å². The second-order valence-corrected chi connectivity index (χ2v) is 6.58. The van der Waals surface area contributed by atoms with Gasteiger partial charge < -0.3 is 15.0 Å². The number of nitrogens with zero attached hydrogens (tertiary/aromatic N) is 2. The van der Waals surface area contributed by atoms with Crippen molar-refractivity contribution in [3.05, 3.63) is 0 Å². The summed E-state index contributed by atoms with van der Waals surface area (Å²) in [7, 11) is 0. The van der Waals surface area contributed by atoms with Gasteiger partial charge in [-0.3, -0.25) is 14.5 Å². The maximum atomic E-state index is 12.8. The number of hydrogen-bond donors (Lipinski definition) is 1. The van der Waals surface area contributed by atoms with Gasteiger partial charge in [-0.25, -0.2) is 0 Å². The van der Waals surface area contributed by atoms with E-state index in [1.165, 1.54) is 0 Å². The molecule has 23 heavy (non-hydrogen) atoms. The lowest BCUT2D eigenvalue weighted by atomic mass is 10.0. The van der Waals surface area contributed by atoms with E-state index in [4.69, 9.17) is 4.74 Å². The largest absolute Gasteiger partial charge is 0.379 e. The number of morpholine rings is 1. The van der Waals surface area contributed by atoms with E-state index in [1.54, 1.807) is 0 Å². The monoisotopic (exact) mass is 325 g/mol. The van der Waals surface area contributed by atoms with Crippen LogP contribution in [0, 0.1) is 5.41 Å². The molecule has 0 atom stereocenters. The Hall–Kier alpha value is -1.14. The van der Waals surface area contributed by atoms with Crippen molar-refractivity contribution in [3.63, 3.8) is 0 Å². The minimum absolute atomic E-state index is 0.0325. The normalized spacial score (nSPS) is 20.1. The molecule has 2 fully saturated rings. The summed E-state index contributed by atoms with van der Waals surface area (Å²) in [5, 5.41) is 2.98. The van der Waals surface area contributed by atoms with Crippen molar-refractivity contribution in [1.29, 1.82) is 0 Å². The van der Waals surface area contributed by atoms with Crippen LogP contribution in [0.15, 0.2) is 0 Å². The standard InChI is InChI=1S/C17H31N3O3/c1-3-8-20(9-4-2)16(22)17(5-6-17)15(21)18-7-10-19-11-13-23-14-12-19/h3-14H2,1-2H3,(H,18,21). The number of nitrogens with one attached hydrogen (secondary N) is 1. The fourth-order valence-electron chi connectivity index (χ4n) is 3.14. The van der Waals surface area contributed by atoms with E-state index in [9.17, 15) is 9.59 Å². The molecule has 1 heterocycles. The molecule has 0 bridgehead atoms. The Morgan fingerprint density at radius 1 is 1.13 bits per heavy atom. The third-order valence-corrected chi connectivity index (χ3v) is 4.69. The highest BCUT2D eigenvalue weighted by atomic mass is 16.5. The zero-order valence-electron chi connectivity index (χ0n) is 14.6. The summed E-state index contributed by atoms with van der Waals surface area (Å²) in [6.45, 7) is 10.4. The molecule has 2 aliphatic rings. The van der Waals surface area contributed by atoms with Gasteiger partial charge >= 0.3 is 0 Å².